The SMILES string of the molecule is O=C(O)N1CCC2Cn3c(nc(-c4ccc(F)cc4)c3-c3ccc4ncnn4c3)C2C1. The fraction of sp³-hybridized carbons (Fsp3) is 0.273. The summed E-state index contributed by atoms with van der Waals surface area (Å²) in [6.07, 6.45) is 3.36. The number of benzene rings is 1. The van der Waals surface area contributed by atoms with E-state index >= 15 is 0 Å². The molecule has 1 saturated heterocycles. The second-order valence-corrected chi connectivity index (χ2v) is 8.15. The van der Waals surface area contributed by atoms with Crippen molar-refractivity contribution in [3.63, 3.8) is 0 Å². The summed E-state index contributed by atoms with van der Waals surface area (Å²) in [4.78, 5) is 22.2. The molecule has 1 aromatic carbocycles. The minimum atomic E-state index is -0.890. The number of hydrogen-bond donors (Lipinski definition) is 1. The second kappa shape index (κ2) is 6.63. The fourth-order valence-electron chi connectivity index (χ4n) is 4.92. The van der Waals surface area contributed by atoms with E-state index in [1.165, 1.54) is 23.4 Å². The van der Waals surface area contributed by atoms with Crippen LogP contribution in [0.5, 0.6) is 0 Å². The lowest BCUT2D eigenvalue weighted by Crippen LogP contribution is -2.41. The van der Waals surface area contributed by atoms with Crippen LogP contribution >= 0.6 is 0 Å². The highest BCUT2D eigenvalue weighted by atomic mass is 19.1. The molecule has 0 spiro atoms. The van der Waals surface area contributed by atoms with Gasteiger partial charge in [0, 0.05) is 42.9 Å². The first-order valence-electron chi connectivity index (χ1n) is 10.2. The van der Waals surface area contributed by atoms with Gasteiger partial charge in [-0.25, -0.2) is 23.7 Å². The van der Waals surface area contributed by atoms with E-state index in [0.717, 1.165) is 47.0 Å². The first-order chi connectivity index (χ1) is 15.1. The predicted octanol–water partition coefficient (Wildman–Crippen LogP) is 3.50. The lowest BCUT2D eigenvalue weighted by molar-refractivity contribution is 0.117. The van der Waals surface area contributed by atoms with Crippen LogP contribution < -0.4 is 0 Å². The molecule has 0 bridgehead atoms. The zero-order valence-electron chi connectivity index (χ0n) is 16.5. The Balaban J connectivity index is 1.53. The molecule has 2 aliphatic rings. The average Bonchev–Trinajstić information content (AvgIpc) is 3.46. The molecule has 0 radical (unpaired) electrons. The number of likely N-dealkylation sites (tertiary alicyclic amines) is 1. The first-order valence-corrected chi connectivity index (χ1v) is 10.2. The molecular formula is C22H19FN6O2. The maximum atomic E-state index is 13.6. The molecule has 2 atom stereocenters. The Morgan fingerprint density at radius 2 is 1.90 bits per heavy atom. The van der Waals surface area contributed by atoms with Crippen molar-refractivity contribution in [1.29, 1.82) is 0 Å². The number of fused-ring (bicyclic) bond motifs is 4. The Bertz CT molecular complexity index is 1310. The standard InChI is InChI=1S/C22H19FN6O2/c23-16-4-1-13(2-5-16)19-20(15-3-6-18-24-12-25-29(18)10-15)28-9-14-7-8-27(22(30)31)11-17(14)21(28)26-19/h1-6,10,12,14,17H,7-9,11H2,(H,30,31). The number of carbonyl (C=O) groups is 1. The minimum absolute atomic E-state index is 0.0490. The van der Waals surface area contributed by atoms with Gasteiger partial charge in [-0.1, -0.05) is 0 Å². The van der Waals surface area contributed by atoms with Crippen LogP contribution in [0.25, 0.3) is 28.2 Å². The van der Waals surface area contributed by atoms with Gasteiger partial charge in [-0.2, -0.15) is 5.10 Å². The van der Waals surface area contributed by atoms with Crippen LogP contribution in [-0.4, -0.2) is 53.3 Å². The Hall–Kier alpha value is -3.75. The number of nitrogens with zero attached hydrogens (tertiary/aromatic N) is 6. The molecule has 6 rings (SSSR count). The Morgan fingerprint density at radius 1 is 1.10 bits per heavy atom. The number of aromatic nitrogens is 5. The summed E-state index contributed by atoms with van der Waals surface area (Å²) in [6.45, 7) is 1.78. The highest BCUT2D eigenvalue weighted by Crippen LogP contribution is 2.45. The number of rotatable bonds is 2. The van der Waals surface area contributed by atoms with Crippen LogP contribution in [0.15, 0.2) is 48.9 Å². The van der Waals surface area contributed by atoms with E-state index in [9.17, 15) is 14.3 Å². The van der Waals surface area contributed by atoms with Gasteiger partial charge in [-0.3, -0.25) is 0 Å². The van der Waals surface area contributed by atoms with Gasteiger partial charge in [-0.05, 0) is 48.7 Å². The molecule has 2 aliphatic heterocycles. The molecule has 1 fully saturated rings. The average molecular weight is 418 g/mol. The minimum Gasteiger partial charge on any atom is -0.465 e. The summed E-state index contributed by atoms with van der Waals surface area (Å²) in [7, 11) is 0. The Kier molecular flexibility index (Phi) is 3.86. The van der Waals surface area contributed by atoms with Crippen LogP contribution in [0, 0.1) is 11.7 Å². The predicted molar refractivity (Wildman–Crippen MR) is 110 cm³/mol. The van der Waals surface area contributed by atoms with Crippen molar-refractivity contribution >= 4 is 11.7 Å². The topological polar surface area (TPSA) is 88.5 Å². The quantitative estimate of drug-likeness (QED) is 0.538. The van der Waals surface area contributed by atoms with E-state index in [1.54, 1.807) is 16.6 Å². The number of halogens is 1. The van der Waals surface area contributed by atoms with Crippen molar-refractivity contribution in [1.82, 2.24) is 29.0 Å². The van der Waals surface area contributed by atoms with E-state index in [1.807, 2.05) is 18.3 Å². The van der Waals surface area contributed by atoms with Gasteiger partial charge >= 0.3 is 6.09 Å². The van der Waals surface area contributed by atoms with Gasteiger partial charge in [0.2, 0.25) is 0 Å². The molecule has 8 nitrogen and oxygen atoms in total. The molecule has 4 aromatic rings. The van der Waals surface area contributed by atoms with E-state index in [-0.39, 0.29) is 11.7 Å². The summed E-state index contributed by atoms with van der Waals surface area (Å²) in [5.74, 6) is 0.997. The van der Waals surface area contributed by atoms with E-state index in [2.05, 4.69) is 14.6 Å². The number of imidazole rings is 1. The highest BCUT2D eigenvalue weighted by molar-refractivity contribution is 5.79. The molecule has 2 unspecified atom stereocenters. The zero-order valence-corrected chi connectivity index (χ0v) is 16.5. The van der Waals surface area contributed by atoms with Crippen molar-refractivity contribution < 1.29 is 14.3 Å². The van der Waals surface area contributed by atoms with Crippen LogP contribution in [0.1, 0.15) is 18.2 Å². The molecule has 9 heteroatoms. The monoisotopic (exact) mass is 418 g/mol. The van der Waals surface area contributed by atoms with Crippen LogP contribution in [-0.2, 0) is 6.54 Å². The van der Waals surface area contributed by atoms with Gasteiger partial charge in [-0.15, -0.1) is 0 Å². The lowest BCUT2D eigenvalue weighted by atomic mass is 9.87. The highest BCUT2D eigenvalue weighted by Gasteiger charge is 2.42. The van der Waals surface area contributed by atoms with Crippen molar-refractivity contribution in [2.45, 2.75) is 18.9 Å². The maximum Gasteiger partial charge on any atom is 0.407 e. The third-order valence-electron chi connectivity index (χ3n) is 6.44. The summed E-state index contributed by atoms with van der Waals surface area (Å²) in [5.41, 5.74) is 4.21. The number of piperidine rings is 1. The molecule has 156 valence electrons. The Morgan fingerprint density at radius 3 is 2.71 bits per heavy atom. The number of pyridine rings is 1. The van der Waals surface area contributed by atoms with Gasteiger partial charge in [0.15, 0.2) is 5.65 Å². The molecule has 31 heavy (non-hydrogen) atoms. The molecule has 0 saturated carbocycles. The zero-order chi connectivity index (χ0) is 21.1. The van der Waals surface area contributed by atoms with Gasteiger partial charge in [0.05, 0.1) is 11.4 Å². The summed E-state index contributed by atoms with van der Waals surface area (Å²) in [5, 5.41) is 13.7. The van der Waals surface area contributed by atoms with Gasteiger partial charge in [0.25, 0.3) is 0 Å². The summed E-state index contributed by atoms with van der Waals surface area (Å²) >= 11 is 0. The van der Waals surface area contributed by atoms with E-state index < -0.39 is 6.09 Å². The largest absolute Gasteiger partial charge is 0.465 e. The third kappa shape index (κ3) is 2.80. The van der Waals surface area contributed by atoms with Crippen molar-refractivity contribution in [3.05, 3.63) is 60.6 Å². The number of amides is 1. The molecule has 5 heterocycles. The van der Waals surface area contributed by atoms with E-state index in [0.29, 0.717) is 19.0 Å². The second-order valence-electron chi connectivity index (χ2n) is 8.15. The summed E-state index contributed by atoms with van der Waals surface area (Å²) < 4.78 is 17.5. The first kappa shape index (κ1) is 18.1. The molecule has 3 aromatic heterocycles. The molecule has 1 N–H and O–H groups in total. The van der Waals surface area contributed by atoms with E-state index in [4.69, 9.17) is 4.98 Å². The number of carboxylic acid groups (broad SMARTS) is 1. The molecular weight excluding hydrogens is 399 g/mol. The third-order valence-corrected chi connectivity index (χ3v) is 6.44. The van der Waals surface area contributed by atoms with Crippen LogP contribution in [0.3, 0.4) is 0 Å². The lowest BCUT2D eigenvalue weighted by Gasteiger charge is -2.32. The van der Waals surface area contributed by atoms with Gasteiger partial charge < -0.3 is 14.6 Å². The Labute approximate surface area is 176 Å². The van der Waals surface area contributed by atoms with Crippen LogP contribution in [0.4, 0.5) is 9.18 Å². The molecule has 0 aliphatic carbocycles. The fourth-order valence-corrected chi connectivity index (χ4v) is 4.92. The molecule has 1 amide bonds. The maximum absolute atomic E-state index is 13.6. The normalized spacial score (nSPS) is 20.1. The van der Waals surface area contributed by atoms with Gasteiger partial charge in [0.1, 0.15) is 18.0 Å². The van der Waals surface area contributed by atoms with Crippen molar-refractivity contribution in [3.8, 4) is 22.5 Å². The van der Waals surface area contributed by atoms with Crippen molar-refractivity contribution in [2.75, 3.05) is 13.1 Å². The summed E-state index contributed by atoms with van der Waals surface area (Å²) in [6, 6.07) is 10.2. The van der Waals surface area contributed by atoms with Crippen molar-refractivity contribution in [2.24, 2.45) is 5.92 Å². The number of hydrogen-bond acceptors (Lipinski definition) is 4. The smallest absolute Gasteiger partial charge is 0.407 e. The van der Waals surface area contributed by atoms with Crippen LogP contribution in [0.2, 0.25) is 0 Å².